The Morgan fingerprint density at radius 1 is 1.67 bits per heavy atom. The minimum absolute atomic E-state index is 0.593. The molecule has 0 aromatic rings. The van der Waals surface area contributed by atoms with Crippen LogP contribution in [0, 0.1) is 0 Å². The highest BCUT2D eigenvalue weighted by molar-refractivity contribution is 4.82. The average molecular weight is 138 g/mol. The molecule has 0 fully saturated rings. The second kappa shape index (κ2) is 2.90. The Kier molecular flexibility index (Phi) is 2.74. The third kappa shape index (κ3) is 2.54. The van der Waals surface area contributed by atoms with Crippen molar-refractivity contribution in [2.45, 2.75) is 25.4 Å². The molecule has 0 N–H and O–H groups in total. The van der Waals surface area contributed by atoms with Gasteiger partial charge in [0.15, 0.2) is 6.17 Å². The van der Waals surface area contributed by atoms with Crippen LogP contribution in [-0.2, 0) is 0 Å². The van der Waals surface area contributed by atoms with E-state index in [1.165, 1.54) is 0 Å². The second-order valence-corrected chi connectivity index (χ2v) is 1.87. The van der Waals surface area contributed by atoms with Crippen LogP contribution in [0.5, 0.6) is 0 Å². The highest BCUT2D eigenvalue weighted by atomic mass is 19.3. The zero-order valence-corrected chi connectivity index (χ0v) is 5.20. The first kappa shape index (κ1) is 8.53. The first-order chi connectivity index (χ1) is 4.00. The van der Waals surface area contributed by atoms with Crippen LogP contribution < -0.4 is 0 Å². The number of rotatable bonds is 3. The van der Waals surface area contributed by atoms with Crippen LogP contribution in [0.1, 0.15) is 13.3 Å². The summed E-state index contributed by atoms with van der Waals surface area (Å²) in [5.74, 6) is -3.23. The van der Waals surface area contributed by atoms with E-state index in [2.05, 4.69) is 6.58 Å². The minimum Gasteiger partial charge on any atom is -0.241 e. The van der Waals surface area contributed by atoms with Gasteiger partial charge < -0.3 is 0 Å². The van der Waals surface area contributed by atoms with Crippen LogP contribution in [0.15, 0.2) is 12.7 Å². The number of hydrogen-bond donors (Lipinski definition) is 0. The summed E-state index contributed by atoms with van der Waals surface area (Å²) in [5.41, 5.74) is 0. The maximum absolute atomic E-state index is 12.1. The Hall–Kier alpha value is -0.470. The third-order valence-electron chi connectivity index (χ3n) is 0.998. The zero-order chi connectivity index (χ0) is 7.49. The third-order valence-corrected chi connectivity index (χ3v) is 0.998. The van der Waals surface area contributed by atoms with Crippen LogP contribution in [0.4, 0.5) is 13.2 Å². The van der Waals surface area contributed by atoms with E-state index in [-0.39, 0.29) is 0 Å². The lowest BCUT2D eigenvalue weighted by atomic mass is 10.2. The molecule has 0 amide bonds. The highest BCUT2D eigenvalue weighted by Crippen LogP contribution is 2.25. The standard InChI is InChI=1S/C6H9F3/c1-3-4-6(8,9)5(2)7/h3,5H,1,4H2,2H3. The van der Waals surface area contributed by atoms with Crippen molar-refractivity contribution in [3.8, 4) is 0 Å². The van der Waals surface area contributed by atoms with Crippen molar-refractivity contribution >= 4 is 0 Å². The van der Waals surface area contributed by atoms with Crippen molar-refractivity contribution in [3.05, 3.63) is 12.7 Å². The van der Waals surface area contributed by atoms with Crippen LogP contribution in [-0.4, -0.2) is 12.1 Å². The van der Waals surface area contributed by atoms with Gasteiger partial charge in [0.05, 0.1) is 0 Å². The second-order valence-electron chi connectivity index (χ2n) is 1.87. The topological polar surface area (TPSA) is 0 Å². The van der Waals surface area contributed by atoms with Crippen molar-refractivity contribution in [3.63, 3.8) is 0 Å². The van der Waals surface area contributed by atoms with E-state index in [4.69, 9.17) is 0 Å². The van der Waals surface area contributed by atoms with Crippen LogP contribution in [0.3, 0.4) is 0 Å². The molecule has 0 rings (SSSR count). The molecule has 0 aliphatic heterocycles. The molecule has 0 bridgehead atoms. The molecule has 54 valence electrons. The van der Waals surface area contributed by atoms with Gasteiger partial charge in [-0.25, -0.2) is 13.2 Å². The van der Waals surface area contributed by atoms with E-state index >= 15 is 0 Å². The molecule has 0 aromatic carbocycles. The van der Waals surface area contributed by atoms with E-state index in [9.17, 15) is 13.2 Å². The largest absolute Gasteiger partial charge is 0.281 e. The van der Waals surface area contributed by atoms with Gasteiger partial charge in [-0.05, 0) is 6.92 Å². The monoisotopic (exact) mass is 138 g/mol. The van der Waals surface area contributed by atoms with Crippen molar-refractivity contribution in [1.82, 2.24) is 0 Å². The number of allylic oxidation sites excluding steroid dienone is 1. The van der Waals surface area contributed by atoms with Gasteiger partial charge in [-0.2, -0.15) is 0 Å². The average Bonchev–Trinajstić information content (AvgIpc) is 1.65. The quantitative estimate of drug-likeness (QED) is 0.526. The molecule has 1 atom stereocenters. The Labute approximate surface area is 52.4 Å². The first-order valence-electron chi connectivity index (χ1n) is 2.63. The van der Waals surface area contributed by atoms with Crippen molar-refractivity contribution in [2.24, 2.45) is 0 Å². The Bertz CT molecular complexity index is 96.5. The Balaban J connectivity index is 3.84. The van der Waals surface area contributed by atoms with Gasteiger partial charge in [0.1, 0.15) is 0 Å². The summed E-state index contributed by atoms with van der Waals surface area (Å²) in [5, 5.41) is 0. The number of hydrogen-bond acceptors (Lipinski definition) is 0. The molecule has 0 heterocycles. The van der Waals surface area contributed by atoms with Crippen molar-refractivity contribution in [1.29, 1.82) is 0 Å². The lowest BCUT2D eigenvalue weighted by Crippen LogP contribution is -2.26. The van der Waals surface area contributed by atoms with Crippen LogP contribution in [0.25, 0.3) is 0 Å². The van der Waals surface area contributed by atoms with E-state index < -0.39 is 18.5 Å². The summed E-state index contributed by atoms with van der Waals surface area (Å²) >= 11 is 0. The van der Waals surface area contributed by atoms with E-state index in [0.717, 1.165) is 13.0 Å². The first-order valence-corrected chi connectivity index (χ1v) is 2.63. The molecule has 0 aliphatic carbocycles. The van der Waals surface area contributed by atoms with Gasteiger partial charge >= 0.3 is 0 Å². The summed E-state index contributed by atoms with van der Waals surface area (Å²) in [6, 6.07) is 0. The van der Waals surface area contributed by atoms with Gasteiger partial charge in [0.25, 0.3) is 5.92 Å². The van der Waals surface area contributed by atoms with Crippen molar-refractivity contribution < 1.29 is 13.2 Å². The van der Waals surface area contributed by atoms with Crippen LogP contribution >= 0.6 is 0 Å². The molecular formula is C6H9F3. The predicted molar refractivity (Wildman–Crippen MR) is 30.3 cm³/mol. The molecule has 0 aromatic heterocycles. The predicted octanol–water partition coefficient (Wildman–Crippen LogP) is 2.56. The van der Waals surface area contributed by atoms with Gasteiger partial charge in [-0.1, -0.05) is 6.08 Å². The molecule has 3 heteroatoms. The summed E-state index contributed by atoms with van der Waals surface area (Å²) in [7, 11) is 0. The van der Waals surface area contributed by atoms with Crippen molar-refractivity contribution in [2.75, 3.05) is 0 Å². The van der Waals surface area contributed by atoms with E-state index in [1.54, 1.807) is 0 Å². The number of halogens is 3. The zero-order valence-electron chi connectivity index (χ0n) is 5.20. The summed E-state index contributed by atoms with van der Waals surface area (Å²) in [4.78, 5) is 0. The molecule has 9 heavy (non-hydrogen) atoms. The molecule has 0 radical (unpaired) electrons. The fourth-order valence-electron chi connectivity index (χ4n) is 0.355. The fraction of sp³-hybridized carbons (Fsp3) is 0.667. The van der Waals surface area contributed by atoms with E-state index in [1.807, 2.05) is 0 Å². The molecule has 0 aliphatic rings. The fourth-order valence-corrected chi connectivity index (χ4v) is 0.355. The molecule has 0 nitrogen and oxygen atoms in total. The molecule has 1 unspecified atom stereocenters. The highest BCUT2D eigenvalue weighted by Gasteiger charge is 2.34. The smallest absolute Gasteiger partial charge is 0.241 e. The van der Waals surface area contributed by atoms with Crippen LogP contribution in [0.2, 0.25) is 0 Å². The lowest BCUT2D eigenvalue weighted by Gasteiger charge is -2.14. The maximum Gasteiger partial charge on any atom is 0.281 e. The number of alkyl halides is 3. The van der Waals surface area contributed by atoms with Gasteiger partial charge in [-0.15, -0.1) is 6.58 Å². The van der Waals surface area contributed by atoms with Gasteiger partial charge in [0.2, 0.25) is 0 Å². The molecule has 0 saturated carbocycles. The minimum atomic E-state index is -3.23. The maximum atomic E-state index is 12.1. The Morgan fingerprint density at radius 2 is 2.11 bits per heavy atom. The summed E-state index contributed by atoms with van der Waals surface area (Å²) < 4.78 is 36.1. The van der Waals surface area contributed by atoms with Gasteiger partial charge in [-0.3, -0.25) is 0 Å². The molecule has 0 saturated heterocycles. The SMILES string of the molecule is C=CCC(F)(F)C(C)F. The lowest BCUT2D eigenvalue weighted by molar-refractivity contribution is -0.0614. The normalized spacial score (nSPS) is 15.1. The Morgan fingerprint density at radius 3 is 2.22 bits per heavy atom. The van der Waals surface area contributed by atoms with Gasteiger partial charge in [0, 0.05) is 6.42 Å². The summed E-state index contributed by atoms with van der Waals surface area (Å²) in [6.45, 7) is 3.92. The van der Waals surface area contributed by atoms with E-state index in [0.29, 0.717) is 0 Å². The summed E-state index contributed by atoms with van der Waals surface area (Å²) in [6.07, 6.45) is -1.67. The molecule has 0 spiro atoms. The molecular weight excluding hydrogens is 129 g/mol.